The number of rotatable bonds is 5. The summed E-state index contributed by atoms with van der Waals surface area (Å²) in [6, 6.07) is 5.27. The van der Waals surface area contributed by atoms with Crippen molar-refractivity contribution in [3.05, 3.63) is 18.2 Å². The predicted molar refractivity (Wildman–Crippen MR) is 54.8 cm³/mol. The van der Waals surface area contributed by atoms with Crippen molar-refractivity contribution in [2.45, 2.75) is 0 Å². The molecule has 0 atom stereocenters. The van der Waals surface area contributed by atoms with Gasteiger partial charge in [0.25, 0.3) is 0 Å². The first kappa shape index (κ1) is 10.7. The lowest BCUT2D eigenvalue weighted by molar-refractivity contribution is 0.144. The molecule has 78 valence electrons. The summed E-state index contributed by atoms with van der Waals surface area (Å²) in [4.78, 5) is 0. The van der Waals surface area contributed by atoms with Crippen molar-refractivity contribution in [1.82, 2.24) is 0 Å². The Hall–Kier alpha value is -1.42. The SMILES string of the molecule is COCCOc1ccc(N)cc1OC. The number of nitrogens with two attached hydrogens (primary N) is 1. The third-order valence-corrected chi connectivity index (χ3v) is 1.73. The summed E-state index contributed by atoms with van der Waals surface area (Å²) in [5.74, 6) is 1.32. The Morgan fingerprint density at radius 3 is 2.57 bits per heavy atom. The topological polar surface area (TPSA) is 53.7 Å². The van der Waals surface area contributed by atoms with Gasteiger partial charge in [-0.2, -0.15) is 0 Å². The molecule has 0 aliphatic heterocycles. The van der Waals surface area contributed by atoms with E-state index in [1.165, 1.54) is 0 Å². The third-order valence-electron chi connectivity index (χ3n) is 1.73. The molecule has 4 heteroatoms. The summed E-state index contributed by atoms with van der Waals surface area (Å²) in [5.41, 5.74) is 6.25. The molecule has 0 unspecified atom stereocenters. The molecule has 4 nitrogen and oxygen atoms in total. The minimum atomic E-state index is 0.497. The molecule has 14 heavy (non-hydrogen) atoms. The van der Waals surface area contributed by atoms with Crippen LogP contribution in [-0.4, -0.2) is 27.4 Å². The zero-order valence-corrected chi connectivity index (χ0v) is 8.45. The van der Waals surface area contributed by atoms with Crippen LogP contribution in [0, 0.1) is 0 Å². The van der Waals surface area contributed by atoms with Crippen LogP contribution in [0.5, 0.6) is 11.5 Å². The highest BCUT2D eigenvalue weighted by Gasteiger charge is 2.03. The maximum atomic E-state index is 5.60. The van der Waals surface area contributed by atoms with Crippen molar-refractivity contribution in [1.29, 1.82) is 0 Å². The lowest BCUT2D eigenvalue weighted by atomic mass is 10.3. The van der Waals surface area contributed by atoms with Crippen molar-refractivity contribution in [3.63, 3.8) is 0 Å². The van der Waals surface area contributed by atoms with Gasteiger partial charge >= 0.3 is 0 Å². The van der Waals surface area contributed by atoms with E-state index in [1.807, 2.05) is 0 Å². The Morgan fingerprint density at radius 2 is 1.93 bits per heavy atom. The van der Waals surface area contributed by atoms with Gasteiger partial charge in [0.15, 0.2) is 11.5 Å². The summed E-state index contributed by atoms with van der Waals surface area (Å²) in [6.07, 6.45) is 0. The number of hydrogen-bond acceptors (Lipinski definition) is 4. The lowest BCUT2D eigenvalue weighted by Gasteiger charge is -2.10. The van der Waals surface area contributed by atoms with E-state index in [0.29, 0.717) is 30.4 Å². The Bertz CT molecular complexity index is 289. The Balaban J connectivity index is 2.65. The minimum Gasteiger partial charge on any atom is -0.493 e. The largest absolute Gasteiger partial charge is 0.493 e. The van der Waals surface area contributed by atoms with E-state index in [2.05, 4.69) is 0 Å². The van der Waals surface area contributed by atoms with Crippen molar-refractivity contribution in [2.75, 3.05) is 33.2 Å². The summed E-state index contributed by atoms with van der Waals surface area (Å²) in [6.45, 7) is 1.05. The number of ether oxygens (including phenoxy) is 3. The molecule has 0 amide bonds. The van der Waals surface area contributed by atoms with E-state index in [1.54, 1.807) is 32.4 Å². The highest BCUT2D eigenvalue weighted by Crippen LogP contribution is 2.28. The summed E-state index contributed by atoms with van der Waals surface area (Å²) in [5, 5.41) is 0. The molecule has 1 aromatic carbocycles. The lowest BCUT2D eigenvalue weighted by Crippen LogP contribution is -2.05. The van der Waals surface area contributed by atoms with Gasteiger partial charge in [-0.3, -0.25) is 0 Å². The molecule has 0 heterocycles. The zero-order valence-electron chi connectivity index (χ0n) is 8.45. The summed E-state index contributed by atoms with van der Waals surface area (Å²) in [7, 11) is 3.21. The normalized spacial score (nSPS) is 9.86. The molecule has 0 bridgehead atoms. The van der Waals surface area contributed by atoms with Crippen LogP contribution in [0.4, 0.5) is 5.69 Å². The fourth-order valence-electron chi connectivity index (χ4n) is 1.04. The van der Waals surface area contributed by atoms with Crippen LogP contribution in [-0.2, 0) is 4.74 Å². The summed E-state index contributed by atoms with van der Waals surface area (Å²) < 4.78 is 15.4. The fraction of sp³-hybridized carbons (Fsp3) is 0.400. The zero-order chi connectivity index (χ0) is 10.4. The second kappa shape index (κ2) is 5.34. The molecular weight excluding hydrogens is 182 g/mol. The van der Waals surface area contributed by atoms with Crippen LogP contribution in [0.2, 0.25) is 0 Å². The predicted octanol–water partition coefficient (Wildman–Crippen LogP) is 1.30. The molecule has 0 spiro atoms. The molecule has 0 aliphatic rings. The van der Waals surface area contributed by atoms with Crippen LogP contribution in [0.1, 0.15) is 0 Å². The molecule has 0 aliphatic carbocycles. The maximum Gasteiger partial charge on any atom is 0.162 e. The van der Waals surface area contributed by atoms with E-state index in [4.69, 9.17) is 19.9 Å². The van der Waals surface area contributed by atoms with Crippen molar-refractivity contribution in [3.8, 4) is 11.5 Å². The monoisotopic (exact) mass is 197 g/mol. The smallest absolute Gasteiger partial charge is 0.162 e. The van der Waals surface area contributed by atoms with Gasteiger partial charge in [0.1, 0.15) is 6.61 Å². The van der Waals surface area contributed by atoms with Crippen LogP contribution < -0.4 is 15.2 Å². The maximum absolute atomic E-state index is 5.60. The molecule has 0 fully saturated rings. The summed E-state index contributed by atoms with van der Waals surface area (Å²) >= 11 is 0. The van der Waals surface area contributed by atoms with Crippen LogP contribution in [0.3, 0.4) is 0 Å². The van der Waals surface area contributed by atoms with Crippen molar-refractivity contribution in [2.24, 2.45) is 0 Å². The van der Waals surface area contributed by atoms with E-state index in [0.717, 1.165) is 0 Å². The van der Waals surface area contributed by atoms with E-state index >= 15 is 0 Å². The van der Waals surface area contributed by atoms with Gasteiger partial charge in [0, 0.05) is 18.9 Å². The average Bonchev–Trinajstić information content (AvgIpc) is 2.20. The molecular formula is C10H15NO3. The van der Waals surface area contributed by atoms with Gasteiger partial charge < -0.3 is 19.9 Å². The first-order valence-electron chi connectivity index (χ1n) is 4.33. The first-order valence-corrected chi connectivity index (χ1v) is 4.33. The third kappa shape index (κ3) is 2.81. The minimum absolute atomic E-state index is 0.497. The number of benzene rings is 1. The van der Waals surface area contributed by atoms with Crippen molar-refractivity contribution < 1.29 is 14.2 Å². The Labute approximate surface area is 83.6 Å². The van der Waals surface area contributed by atoms with Gasteiger partial charge in [-0.15, -0.1) is 0 Å². The highest BCUT2D eigenvalue weighted by atomic mass is 16.5. The van der Waals surface area contributed by atoms with Crippen molar-refractivity contribution >= 4 is 5.69 Å². The molecule has 0 saturated heterocycles. The number of methoxy groups -OCH3 is 2. The quantitative estimate of drug-likeness (QED) is 0.571. The second-order valence-corrected chi connectivity index (χ2v) is 2.75. The molecule has 0 saturated carbocycles. The van der Waals surface area contributed by atoms with Crippen LogP contribution in [0.15, 0.2) is 18.2 Å². The van der Waals surface area contributed by atoms with Crippen LogP contribution in [0.25, 0.3) is 0 Å². The fourth-order valence-corrected chi connectivity index (χ4v) is 1.04. The van der Waals surface area contributed by atoms with Gasteiger partial charge in [0.05, 0.1) is 13.7 Å². The average molecular weight is 197 g/mol. The molecule has 0 radical (unpaired) electrons. The molecule has 1 rings (SSSR count). The van der Waals surface area contributed by atoms with E-state index in [-0.39, 0.29) is 0 Å². The van der Waals surface area contributed by atoms with Gasteiger partial charge in [-0.25, -0.2) is 0 Å². The number of anilines is 1. The first-order chi connectivity index (χ1) is 6.77. The molecule has 2 N–H and O–H groups in total. The highest BCUT2D eigenvalue weighted by molar-refractivity contribution is 5.51. The van der Waals surface area contributed by atoms with Crippen LogP contribution >= 0.6 is 0 Å². The number of hydrogen-bond donors (Lipinski definition) is 1. The molecule has 0 aromatic heterocycles. The Kier molecular flexibility index (Phi) is 4.07. The van der Waals surface area contributed by atoms with Gasteiger partial charge in [-0.05, 0) is 12.1 Å². The van der Waals surface area contributed by atoms with E-state index in [9.17, 15) is 0 Å². The standard InChI is InChI=1S/C10H15NO3/c1-12-5-6-14-9-4-3-8(11)7-10(9)13-2/h3-4,7H,5-6,11H2,1-2H3. The Morgan fingerprint density at radius 1 is 1.14 bits per heavy atom. The van der Waals surface area contributed by atoms with Gasteiger partial charge in [0.2, 0.25) is 0 Å². The molecule has 1 aromatic rings. The van der Waals surface area contributed by atoms with Gasteiger partial charge in [-0.1, -0.05) is 0 Å². The second-order valence-electron chi connectivity index (χ2n) is 2.75. The van der Waals surface area contributed by atoms with E-state index < -0.39 is 0 Å². The number of nitrogen functional groups attached to an aromatic ring is 1.